The molecule has 130 valence electrons. The van der Waals surface area contributed by atoms with Crippen molar-refractivity contribution in [2.75, 3.05) is 11.9 Å². The van der Waals surface area contributed by atoms with E-state index in [1.807, 2.05) is 13.8 Å². The van der Waals surface area contributed by atoms with Crippen molar-refractivity contribution in [3.63, 3.8) is 0 Å². The van der Waals surface area contributed by atoms with E-state index in [9.17, 15) is 14.4 Å². The van der Waals surface area contributed by atoms with Crippen molar-refractivity contribution in [2.24, 2.45) is 11.8 Å². The zero-order valence-electron chi connectivity index (χ0n) is 14.1. The molecule has 0 aromatic carbocycles. The standard InChI is InChI=1S/C17H23N3O3S/c1-4-6-18-16(23)11-8-12-15(13(21)9-11)24-17(19-12)20-14(22)7-10(3)5-2/h4,10-11H,1,5-9H2,2-3H3,(H,18,23)(H,19,20,22). The third-order valence-electron chi connectivity index (χ3n) is 4.09. The number of thiazole rings is 1. The van der Waals surface area contributed by atoms with E-state index in [4.69, 9.17) is 0 Å². The van der Waals surface area contributed by atoms with Crippen LogP contribution in [0.5, 0.6) is 0 Å². The molecule has 6 nitrogen and oxygen atoms in total. The Hall–Kier alpha value is -2.02. The fraction of sp³-hybridized carbons (Fsp3) is 0.529. The third kappa shape index (κ3) is 4.50. The van der Waals surface area contributed by atoms with E-state index in [-0.39, 0.29) is 24.0 Å². The maximum Gasteiger partial charge on any atom is 0.226 e. The van der Waals surface area contributed by atoms with Gasteiger partial charge < -0.3 is 10.6 Å². The Bertz CT molecular complexity index is 654. The summed E-state index contributed by atoms with van der Waals surface area (Å²) in [5, 5.41) is 5.92. The largest absolute Gasteiger partial charge is 0.352 e. The highest BCUT2D eigenvalue weighted by molar-refractivity contribution is 7.17. The van der Waals surface area contributed by atoms with E-state index in [1.165, 1.54) is 11.3 Å². The second-order valence-electron chi connectivity index (χ2n) is 6.12. The molecular formula is C17H23N3O3S. The van der Waals surface area contributed by atoms with Crippen LogP contribution in [-0.4, -0.2) is 29.1 Å². The van der Waals surface area contributed by atoms with Crippen LogP contribution in [0.3, 0.4) is 0 Å². The normalized spacial score (nSPS) is 17.8. The van der Waals surface area contributed by atoms with Crippen LogP contribution in [0.25, 0.3) is 0 Å². The molecule has 2 N–H and O–H groups in total. The minimum atomic E-state index is -0.407. The SMILES string of the molecule is C=CCNC(=O)C1CC(=O)c2sc(NC(=O)CC(C)CC)nc2C1. The minimum absolute atomic E-state index is 0.0880. The molecule has 1 heterocycles. The monoisotopic (exact) mass is 349 g/mol. The molecule has 0 spiro atoms. The Morgan fingerprint density at radius 2 is 2.21 bits per heavy atom. The van der Waals surface area contributed by atoms with Gasteiger partial charge in [-0.2, -0.15) is 0 Å². The first kappa shape index (κ1) is 18.3. The Labute approximate surface area is 145 Å². The lowest BCUT2D eigenvalue weighted by atomic mass is 9.89. The van der Waals surface area contributed by atoms with Crippen molar-refractivity contribution in [3.05, 3.63) is 23.2 Å². The second-order valence-corrected chi connectivity index (χ2v) is 7.12. The van der Waals surface area contributed by atoms with Gasteiger partial charge >= 0.3 is 0 Å². The van der Waals surface area contributed by atoms with Gasteiger partial charge in [0.25, 0.3) is 0 Å². The number of ketones is 1. The first-order chi connectivity index (χ1) is 11.4. The smallest absolute Gasteiger partial charge is 0.226 e. The van der Waals surface area contributed by atoms with Crippen LogP contribution in [0.4, 0.5) is 5.13 Å². The Morgan fingerprint density at radius 1 is 1.46 bits per heavy atom. The average molecular weight is 349 g/mol. The number of carbonyl (C=O) groups is 3. The molecule has 1 aliphatic rings. The van der Waals surface area contributed by atoms with Gasteiger partial charge in [-0.3, -0.25) is 14.4 Å². The number of nitrogens with one attached hydrogen (secondary N) is 2. The van der Waals surface area contributed by atoms with E-state index in [0.717, 1.165) is 6.42 Å². The topological polar surface area (TPSA) is 88.2 Å². The molecule has 1 aromatic rings. The lowest BCUT2D eigenvalue weighted by Crippen LogP contribution is -2.35. The van der Waals surface area contributed by atoms with Crippen molar-refractivity contribution in [1.82, 2.24) is 10.3 Å². The van der Waals surface area contributed by atoms with Crippen LogP contribution in [0.15, 0.2) is 12.7 Å². The molecular weight excluding hydrogens is 326 g/mol. The summed E-state index contributed by atoms with van der Waals surface area (Å²) in [6.45, 7) is 7.99. The predicted molar refractivity (Wildman–Crippen MR) is 94.2 cm³/mol. The summed E-state index contributed by atoms with van der Waals surface area (Å²) in [6, 6.07) is 0. The summed E-state index contributed by atoms with van der Waals surface area (Å²) < 4.78 is 0. The number of amides is 2. The van der Waals surface area contributed by atoms with Crippen molar-refractivity contribution in [1.29, 1.82) is 0 Å². The van der Waals surface area contributed by atoms with Crippen LogP contribution in [0, 0.1) is 11.8 Å². The number of anilines is 1. The highest BCUT2D eigenvalue weighted by atomic mass is 32.1. The van der Waals surface area contributed by atoms with E-state index in [1.54, 1.807) is 6.08 Å². The number of hydrogen-bond donors (Lipinski definition) is 2. The van der Waals surface area contributed by atoms with Crippen LogP contribution >= 0.6 is 11.3 Å². The van der Waals surface area contributed by atoms with Gasteiger partial charge in [-0.05, 0) is 5.92 Å². The Morgan fingerprint density at radius 3 is 2.88 bits per heavy atom. The van der Waals surface area contributed by atoms with E-state index >= 15 is 0 Å². The summed E-state index contributed by atoms with van der Waals surface area (Å²) in [5.74, 6) is -0.447. The van der Waals surface area contributed by atoms with Gasteiger partial charge in [0.15, 0.2) is 10.9 Å². The third-order valence-corrected chi connectivity index (χ3v) is 5.14. The molecule has 0 aliphatic heterocycles. The zero-order chi connectivity index (χ0) is 17.7. The summed E-state index contributed by atoms with van der Waals surface area (Å²) >= 11 is 1.20. The number of Topliss-reactive ketones (excluding diaryl/α,β-unsaturated/α-hetero) is 1. The van der Waals surface area contributed by atoms with Crippen LogP contribution < -0.4 is 10.6 Å². The molecule has 2 amide bonds. The summed E-state index contributed by atoms with van der Waals surface area (Å²) in [4.78, 5) is 41.2. The van der Waals surface area contributed by atoms with Gasteiger partial charge in [0.05, 0.1) is 16.5 Å². The molecule has 0 fully saturated rings. The van der Waals surface area contributed by atoms with Crippen molar-refractivity contribution in [2.45, 2.75) is 39.5 Å². The number of fused-ring (bicyclic) bond motifs is 1. The molecule has 24 heavy (non-hydrogen) atoms. The summed E-state index contributed by atoms with van der Waals surface area (Å²) in [7, 11) is 0. The van der Waals surface area contributed by atoms with Gasteiger partial charge in [0.2, 0.25) is 11.8 Å². The van der Waals surface area contributed by atoms with Gasteiger partial charge in [0, 0.05) is 25.8 Å². The van der Waals surface area contributed by atoms with E-state index in [0.29, 0.717) is 41.0 Å². The Balaban J connectivity index is 2.04. The molecule has 0 bridgehead atoms. The maximum atomic E-state index is 12.3. The van der Waals surface area contributed by atoms with Crippen molar-refractivity contribution < 1.29 is 14.4 Å². The van der Waals surface area contributed by atoms with Gasteiger partial charge in [0.1, 0.15) is 0 Å². The fourth-order valence-electron chi connectivity index (χ4n) is 2.52. The molecule has 1 aromatic heterocycles. The number of carbonyl (C=O) groups excluding carboxylic acids is 3. The fourth-order valence-corrected chi connectivity index (χ4v) is 3.48. The van der Waals surface area contributed by atoms with Crippen LogP contribution in [0.1, 0.15) is 48.5 Å². The highest BCUT2D eigenvalue weighted by Crippen LogP contribution is 2.32. The van der Waals surface area contributed by atoms with E-state index in [2.05, 4.69) is 22.2 Å². The summed E-state index contributed by atoms with van der Waals surface area (Å²) in [5.41, 5.74) is 0.605. The molecule has 7 heteroatoms. The van der Waals surface area contributed by atoms with Crippen LogP contribution in [-0.2, 0) is 16.0 Å². The number of nitrogens with zero attached hydrogens (tertiary/aromatic N) is 1. The molecule has 0 saturated heterocycles. The number of hydrogen-bond acceptors (Lipinski definition) is 5. The molecule has 0 radical (unpaired) electrons. The van der Waals surface area contributed by atoms with E-state index < -0.39 is 5.92 Å². The molecule has 1 aliphatic carbocycles. The second kappa shape index (κ2) is 8.19. The first-order valence-electron chi connectivity index (χ1n) is 8.15. The molecule has 0 saturated carbocycles. The van der Waals surface area contributed by atoms with Gasteiger partial charge in [-0.1, -0.05) is 37.7 Å². The Kier molecular flexibility index (Phi) is 6.25. The quantitative estimate of drug-likeness (QED) is 0.741. The van der Waals surface area contributed by atoms with Gasteiger partial charge in [-0.25, -0.2) is 4.98 Å². The number of aromatic nitrogens is 1. The average Bonchev–Trinajstić information content (AvgIpc) is 2.95. The molecule has 2 unspecified atom stereocenters. The molecule has 2 atom stereocenters. The minimum Gasteiger partial charge on any atom is -0.352 e. The highest BCUT2D eigenvalue weighted by Gasteiger charge is 2.33. The first-order valence-corrected chi connectivity index (χ1v) is 8.97. The predicted octanol–water partition coefficient (Wildman–Crippen LogP) is 2.57. The zero-order valence-corrected chi connectivity index (χ0v) is 14.9. The lowest BCUT2D eigenvalue weighted by Gasteiger charge is -2.19. The van der Waals surface area contributed by atoms with Crippen molar-refractivity contribution in [3.8, 4) is 0 Å². The lowest BCUT2D eigenvalue weighted by molar-refractivity contribution is -0.124. The molecule has 2 rings (SSSR count). The van der Waals surface area contributed by atoms with Gasteiger partial charge in [-0.15, -0.1) is 6.58 Å². The van der Waals surface area contributed by atoms with Crippen LogP contribution in [0.2, 0.25) is 0 Å². The number of rotatable bonds is 7. The summed E-state index contributed by atoms with van der Waals surface area (Å²) in [6.07, 6.45) is 3.56. The maximum absolute atomic E-state index is 12.3. The van der Waals surface area contributed by atoms with Crippen molar-refractivity contribution >= 4 is 34.1 Å².